The van der Waals surface area contributed by atoms with Crippen molar-refractivity contribution in [3.8, 4) is 11.3 Å². The van der Waals surface area contributed by atoms with Crippen LogP contribution in [-0.2, 0) is 17.6 Å². The predicted octanol–water partition coefficient (Wildman–Crippen LogP) is 4.71. The van der Waals surface area contributed by atoms with Crippen molar-refractivity contribution in [2.24, 2.45) is 5.92 Å². The molecule has 1 aromatic carbocycles. The molecule has 26 heavy (non-hydrogen) atoms. The number of halogens is 1. The lowest BCUT2D eigenvalue weighted by molar-refractivity contribution is -0.116. The van der Waals surface area contributed by atoms with Crippen molar-refractivity contribution < 1.29 is 13.6 Å². The lowest BCUT2D eigenvalue weighted by Crippen LogP contribution is -2.11. The number of anilines is 1. The number of hydrogen-bond donors (Lipinski definition) is 1. The topological polar surface area (TPSA) is 68.0 Å². The van der Waals surface area contributed by atoms with E-state index in [-0.39, 0.29) is 18.1 Å². The molecule has 7 heteroatoms. The summed E-state index contributed by atoms with van der Waals surface area (Å²) in [5, 5.41) is 12.2. The van der Waals surface area contributed by atoms with Crippen molar-refractivity contribution in [1.29, 1.82) is 0 Å². The quantitative estimate of drug-likeness (QED) is 0.651. The van der Waals surface area contributed by atoms with E-state index in [0.717, 1.165) is 11.4 Å². The number of carbonyl (C=O) groups excluding carboxylic acids is 1. The summed E-state index contributed by atoms with van der Waals surface area (Å²) >= 11 is 1.39. The second-order valence-corrected chi connectivity index (χ2v) is 7.45. The molecule has 0 fully saturated rings. The van der Waals surface area contributed by atoms with Gasteiger partial charge in [0.1, 0.15) is 22.3 Å². The molecule has 0 aliphatic carbocycles. The van der Waals surface area contributed by atoms with Crippen LogP contribution >= 0.6 is 11.3 Å². The fourth-order valence-corrected chi connectivity index (χ4v) is 3.44. The molecule has 2 heterocycles. The lowest BCUT2D eigenvalue weighted by Gasteiger charge is -2.01. The SMILES string of the molecule is CC(C)Cc1nnc(NC(=O)CCc2ccc(-c3ccccc3F)o2)s1. The molecule has 1 amide bonds. The van der Waals surface area contributed by atoms with Gasteiger partial charge in [-0.25, -0.2) is 4.39 Å². The van der Waals surface area contributed by atoms with Gasteiger partial charge in [-0.3, -0.25) is 4.79 Å². The van der Waals surface area contributed by atoms with Gasteiger partial charge in [-0.1, -0.05) is 37.3 Å². The number of aryl methyl sites for hydroxylation is 1. The average molecular weight is 373 g/mol. The molecule has 0 unspecified atom stereocenters. The van der Waals surface area contributed by atoms with E-state index in [1.54, 1.807) is 30.3 Å². The summed E-state index contributed by atoms with van der Waals surface area (Å²) in [7, 11) is 0. The zero-order chi connectivity index (χ0) is 18.5. The zero-order valence-corrected chi connectivity index (χ0v) is 15.5. The van der Waals surface area contributed by atoms with Crippen molar-refractivity contribution in [3.63, 3.8) is 0 Å². The average Bonchev–Trinajstić information content (AvgIpc) is 3.22. The molecular weight excluding hydrogens is 353 g/mol. The van der Waals surface area contributed by atoms with Crippen LogP contribution in [0.25, 0.3) is 11.3 Å². The number of nitrogens with one attached hydrogen (secondary N) is 1. The third-order valence-corrected chi connectivity index (χ3v) is 4.56. The molecule has 0 bridgehead atoms. The number of benzene rings is 1. The van der Waals surface area contributed by atoms with Gasteiger partial charge >= 0.3 is 0 Å². The maximum Gasteiger partial charge on any atom is 0.226 e. The van der Waals surface area contributed by atoms with Gasteiger partial charge in [0.05, 0.1) is 5.56 Å². The summed E-state index contributed by atoms with van der Waals surface area (Å²) in [5.74, 6) is 1.10. The van der Waals surface area contributed by atoms with Crippen LogP contribution in [0.15, 0.2) is 40.8 Å². The van der Waals surface area contributed by atoms with Crippen LogP contribution in [0.2, 0.25) is 0 Å². The molecule has 3 rings (SSSR count). The van der Waals surface area contributed by atoms with Crippen molar-refractivity contribution in [2.75, 3.05) is 5.32 Å². The fraction of sp³-hybridized carbons (Fsp3) is 0.316. The van der Waals surface area contributed by atoms with E-state index in [1.165, 1.54) is 17.4 Å². The number of aromatic nitrogens is 2. The number of amides is 1. The van der Waals surface area contributed by atoms with Crippen LogP contribution in [0.5, 0.6) is 0 Å². The molecule has 3 aromatic rings. The van der Waals surface area contributed by atoms with E-state index >= 15 is 0 Å². The van der Waals surface area contributed by atoms with Crippen LogP contribution in [0.4, 0.5) is 9.52 Å². The number of hydrogen-bond acceptors (Lipinski definition) is 5. The number of nitrogens with zero attached hydrogens (tertiary/aromatic N) is 2. The van der Waals surface area contributed by atoms with Crippen LogP contribution in [0.3, 0.4) is 0 Å². The molecule has 0 spiro atoms. The lowest BCUT2D eigenvalue weighted by atomic mass is 10.1. The Morgan fingerprint density at radius 3 is 2.81 bits per heavy atom. The maximum atomic E-state index is 13.8. The molecule has 0 saturated carbocycles. The van der Waals surface area contributed by atoms with Crippen molar-refractivity contribution in [3.05, 3.63) is 53.0 Å². The minimum Gasteiger partial charge on any atom is -0.461 e. The molecule has 2 aromatic heterocycles. The van der Waals surface area contributed by atoms with E-state index in [4.69, 9.17) is 4.42 Å². The zero-order valence-electron chi connectivity index (χ0n) is 14.7. The first-order chi connectivity index (χ1) is 12.5. The van der Waals surface area contributed by atoms with Crippen LogP contribution in [0.1, 0.15) is 31.0 Å². The highest BCUT2D eigenvalue weighted by Gasteiger charge is 2.12. The van der Waals surface area contributed by atoms with Gasteiger partial charge in [0.15, 0.2) is 0 Å². The molecular formula is C19H20FN3O2S. The standard InChI is InChI=1S/C19H20FN3O2S/c1-12(2)11-18-22-23-19(26-18)21-17(24)10-8-13-7-9-16(25-13)14-5-3-4-6-15(14)20/h3-7,9,12H,8,10-11H2,1-2H3,(H,21,23,24). The second kappa shape index (κ2) is 8.23. The molecule has 0 atom stereocenters. The summed E-state index contributed by atoms with van der Waals surface area (Å²) in [5.41, 5.74) is 0.412. The number of rotatable bonds is 7. The predicted molar refractivity (Wildman–Crippen MR) is 99.5 cm³/mol. The summed E-state index contributed by atoms with van der Waals surface area (Å²) < 4.78 is 19.4. The van der Waals surface area contributed by atoms with E-state index in [2.05, 4.69) is 29.4 Å². The van der Waals surface area contributed by atoms with Gasteiger partial charge < -0.3 is 9.73 Å². The van der Waals surface area contributed by atoms with Crippen LogP contribution < -0.4 is 5.32 Å². The third-order valence-electron chi connectivity index (χ3n) is 3.70. The summed E-state index contributed by atoms with van der Waals surface area (Å²) in [6.45, 7) is 4.22. The first kappa shape index (κ1) is 18.3. The normalized spacial score (nSPS) is 11.1. The maximum absolute atomic E-state index is 13.8. The Kier molecular flexibility index (Phi) is 5.78. The van der Waals surface area contributed by atoms with Gasteiger partial charge in [-0.15, -0.1) is 10.2 Å². The molecule has 0 aliphatic rings. The Morgan fingerprint density at radius 2 is 2.04 bits per heavy atom. The molecule has 136 valence electrons. The summed E-state index contributed by atoms with van der Waals surface area (Å²) in [6.07, 6.45) is 1.53. The van der Waals surface area contributed by atoms with Crippen molar-refractivity contribution in [2.45, 2.75) is 33.1 Å². The number of furan rings is 1. The van der Waals surface area contributed by atoms with E-state index in [1.807, 2.05) is 0 Å². The highest BCUT2D eigenvalue weighted by atomic mass is 32.1. The largest absolute Gasteiger partial charge is 0.461 e. The molecule has 0 radical (unpaired) electrons. The first-order valence-corrected chi connectivity index (χ1v) is 9.28. The Labute approximate surface area is 155 Å². The van der Waals surface area contributed by atoms with Gasteiger partial charge in [0.25, 0.3) is 0 Å². The van der Waals surface area contributed by atoms with Crippen LogP contribution in [-0.4, -0.2) is 16.1 Å². The Hall–Kier alpha value is -2.54. The summed E-state index contributed by atoms with van der Waals surface area (Å²) in [4.78, 5) is 12.1. The molecule has 0 saturated heterocycles. The Balaban J connectivity index is 1.54. The van der Waals surface area contributed by atoms with Gasteiger partial charge in [-0.05, 0) is 30.2 Å². The van der Waals surface area contributed by atoms with Gasteiger partial charge in [0.2, 0.25) is 11.0 Å². The van der Waals surface area contributed by atoms with Crippen molar-refractivity contribution in [1.82, 2.24) is 10.2 Å². The second-order valence-electron chi connectivity index (χ2n) is 6.39. The Morgan fingerprint density at radius 1 is 1.23 bits per heavy atom. The molecule has 0 aliphatic heterocycles. The fourth-order valence-electron chi connectivity index (χ4n) is 2.47. The third kappa shape index (κ3) is 4.76. The first-order valence-electron chi connectivity index (χ1n) is 8.47. The smallest absolute Gasteiger partial charge is 0.226 e. The van der Waals surface area contributed by atoms with Crippen LogP contribution in [0, 0.1) is 11.7 Å². The van der Waals surface area contributed by atoms with Gasteiger partial charge in [-0.2, -0.15) is 0 Å². The molecule has 5 nitrogen and oxygen atoms in total. The monoisotopic (exact) mass is 373 g/mol. The van der Waals surface area contributed by atoms with E-state index in [0.29, 0.717) is 34.6 Å². The highest BCUT2D eigenvalue weighted by molar-refractivity contribution is 7.15. The van der Waals surface area contributed by atoms with E-state index in [9.17, 15) is 9.18 Å². The minimum atomic E-state index is -0.334. The van der Waals surface area contributed by atoms with Gasteiger partial charge in [0, 0.05) is 19.3 Å². The summed E-state index contributed by atoms with van der Waals surface area (Å²) in [6, 6.07) is 9.92. The molecule has 1 N–H and O–H groups in total. The Bertz CT molecular complexity index is 888. The van der Waals surface area contributed by atoms with Crippen molar-refractivity contribution >= 4 is 22.4 Å². The van der Waals surface area contributed by atoms with E-state index < -0.39 is 0 Å². The number of carbonyl (C=O) groups is 1. The highest BCUT2D eigenvalue weighted by Crippen LogP contribution is 2.25. The minimum absolute atomic E-state index is 0.152.